The average molecular weight is 482 g/mol. The predicted molar refractivity (Wildman–Crippen MR) is 132 cm³/mol. The quantitative estimate of drug-likeness (QED) is 0.389. The number of amides is 1. The molecule has 178 valence electrons. The van der Waals surface area contributed by atoms with Crippen molar-refractivity contribution in [3.8, 4) is 5.75 Å². The van der Waals surface area contributed by atoms with Gasteiger partial charge in [-0.15, -0.1) is 12.6 Å². The Bertz CT molecular complexity index is 1260. The molecule has 9 heteroatoms. The van der Waals surface area contributed by atoms with Gasteiger partial charge in [0.05, 0.1) is 17.5 Å². The monoisotopic (exact) mass is 481 g/mol. The number of hydrogen-bond acceptors (Lipinski definition) is 6. The number of aromatic nitrogens is 2. The molecule has 0 spiro atoms. The Kier molecular flexibility index (Phi) is 6.47. The minimum atomic E-state index is -0.372. The second kappa shape index (κ2) is 9.68. The third-order valence-corrected chi connectivity index (χ3v) is 7.10. The number of fused-ring (bicyclic) bond motifs is 1. The van der Waals surface area contributed by atoms with Crippen LogP contribution in [0.25, 0.3) is 16.5 Å². The number of nitrogens with one attached hydrogen (secondary N) is 3. The molecule has 1 aromatic carbocycles. The number of likely N-dealkylation sites (tertiary alicyclic amines) is 1. The second-order valence-corrected chi connectivity index (χ2v) is 9.24. The van der Waals surface area contributed by atoms with E-state index in [0.29, 0.717) is 59.2 Å². The van der Waals surface area contributed by atoms with Gasteiger partial charge in [-0.25, -0.2) is 4.39 Å². The van der Waals surface area contributed by atoms with Crippen molar-refractivity contribution in [3.63, 3.8) is 0 Å². The van der Waals surface area contributed by atoms with Gasteiger partial charge in [-0.2, -0.15) is 0 Å². The molecule has 1 amide bonds. The number of benzene rings is 1. The smallest absolute Gasteiger partial charge is 0.255 e. The van der Waals surface area contributed by atoms with Crippen LogP contribution in [-0.2, 0) is 11.3 Å². The van der Waals surface area contributed by atoms with Crippen molar-refractivity contribution in [1.82, 2.24) is 25.5 Å². The first-order valence-corrected chi connectivity index (χ1v) is 12.0. The highest BCUT2D eigenvalue weighted by molar-refractivity contribution is 7.80. The Balaban J connectivity index is 1.40. The zero-order valence-corrected chi connectivity index (χ0v) is 19.9. The topological polar surface area (TPSA) is 82.3 Å². The summed E-state index contributed by atoms with van der Waals surface area (Å²) in [4.78, 5) is 23.0. The van der Waals surface area contributed by atoms with Crippen molar-refractivity contribution in [1.29, 1.82) is 0 Å². The lowest BCUT2D eigenvalue weighted by molar-refractivity contribution is -0.115. The third-order valence-electron chi connectivity index (χ3n) is 6.65. The number of ether oxygens (including phenoxy) is 1. The number of H-pyrrole nitrogens is 1. The number of thiol groups is 1. The van der Waals surface area contributed by atoms with E-state index < -0.39 is 0 Å². The van der Waals surface area contributed by atoms with E-state index in [-0.39, 0.29) is 11.7 Å². The number of nitrogens with zero attached hydrogens (tertiary/aromatic N) is 2. The Labute approximate surface area is 203 Å². The summed E-state index contributed by atoms with van der Waals surface area (Å²) >= 11 is 4.56. The molecule has 34 heavy (non-hydrogen) atoms. The second-order valence-electron chi connectivity index (χ2n) is 8.80. The van der Waals surface area contributed by atoms with Crippen LogP contribution >= 0.6 is 12.6 Å². The van der Waals surface area contributed by atoms with Crippen molar-refractivity contribution < 1.29 is 13.9 Å². The molecule has 5 rings (SSSR count). The summed E-state index contributed by atoms with van der Waals surface area (Å²) in [5.41, 5.74) is 3.31. The molecule has 1 saturated heterocycles. The zero-order chi connectivity index (χ0) is 23.7. The number of likely N-dealkylation sites (N-methyl/N-ethyl adjacent to an activating group) is 1. The molecule has 3 N–H and O–H groups in total. The van der Waals surface area contributed by atoms with Crippen LogP contribution in [0.15, 0.2) is 47.3 Å². The van der Waals surface area contributed by atoms with Gasteiger partial charge in [0.2, 0.25) is 0 Å². The minimum absolute atomic E-state index is 0.216. The Morgan fingerprint density at radius 3 is 3.03 bits per heavy atom. The molecule has 7 nitrogen and oxygen atoms in total. The number of carbonyl (C=O) groups is 1. The summed E-state index contributed by atoms with van der Waals surface area (Å²) in [5.74, 6) is 0.148. The van der Waals surface area contributed by atoms with Crippen molar-refractivity contribution in [2.45, 2.75) is 36.7 Å². The largest absolute Gasteiger partial charge is 0.490 e. The number of carbonyl (C=O) groups excluding carboxylic acids is 1. The maximum absolute atomic E-state index is 14.4. The molecule has 2 aliphatic rings. The lowest BCUT2D eigenvalue weighted by atomic mass is 10.0. The molecule has 1 unspecified atom stereocenters. The highest BCUT2D eigenvalue weighted by Crippen LogP contribution is 2.34. The molecular formula is C25H28FN5O2S. The molecule has 4 heterocycles. The van der Waals surface area contributed by atoms with E-state index in [1.807, 2.05) is 6.07 Å². The molecular weight excluding hydrogens is 453 g/mol. The van der Waals surface area contributed by atoms with Crippen molar-refractivity contribution in [2.75, 3.05) is 26.7 Å². The Hall–Kier alpha value is -3.04. The first-order chi connectivity index (χ1) is 16.5. The summed E-state index contributed by atoms with van der Waals surface area (Å²) in [6.45, 7) is 2.71. The van der Waals surface area contributed by atoms with Gasteiger partial charge in [-0.3, -0.25) is 9.78 Å². The maximum Gasteiger partial charge on any atom is 0.255 e. The molecule has 0 saturated carbocycles. The van der Waals surface area contributed by atoms with Crippen LogP contribution in [0.3, 0.4) is 0 Å². The van der Waals surface area contributed by atoms with Gasteiger partial charge in [-0.05, 0) is 44.6 Å². The number of rotatable bonds is 7. The highest BCUT2D eigenvalue weighted by atomic mass is 32.1. The molecule has 0 bridgehead atoms. The van der Waals surface area contributed by atoms with Crippen molar-refractivity contribution >= 4 is 35.0 Å². The van der Waals surface area contributed by atoms with Crippen LogP contribution in [0.2, 0.25) is 0 Å². The minimum Gasteiger partial charge on any atom is -0.490 e. The first-order valence-electron chi connectivity index (χ1n) is 11.5. The van der Waals surface area contributed by atoms with E-state index in [4.69, 9.17) is 4.74 Å². The molecule has 1 fully saturated rings. The number of pyridine rings is 1. The Morgan fingerprint density at radius 2 is 2.24 bits per heavy atom. The summed E-state index contributed by atoms with van der Waals surface area (Å²) in [6, 6.07) is 7.13. The fourth-order valence-corrected chi connectivity index (χ4v) is 5.12. The molecule has 2 aliphatic heterocycles. The molecule has 1 atom stereocenters. The van der Waals surface area contributed by atoms with Crippen molar-refractivity contribution in [2.24, 2.45) is 0 Å². The van der Waals surface area contributed by atoms with Gasteiger partial charge < -0.3 is 25.3 Å². The normalized spacial score (nSPS) is 19.0. The van der Waals surface area contributed by atoms with Crippen LogP contribution in [0.4, 0.5) is 4.39 Å². The fraction of sp³-hybridized carbons (Fsp3) is 0.360. The van der Waals surface area contributed by atoms with Gasteiger partial charge in [0.1, 0.15) is 18.2 Å². The van der Waals surface area contributed by atoms with Crippen LogP contribution in [-0.4, -0.2) is 53.6 Å². The SMILES string of the molecule is CN1CCCC1COc1cnccc1CNC1=C(c2[nH]c3cccc(F)c3c2S)C(=O)NCC1. The highest BCUT2D eigenvalue weighted by Gasteiger charge is 2.27. The summed E-state index contributed by atoms with van der Waals surface area (Å²) in [5, 5.41) is 6.70. The van der Waals surface area contributed by atoms with E-state index in [0.717, 1.165) is 30.0 Å². The molecule has 0 radical (unpaired) electrons. The van der Waals surface area contributed by atoms with E-state index in [1.165, 1.54) is 12.5 Å². The van der Waals surface area contributed by atoms with Crippen LogP contribution in [0.1, 0.15) is 30.5 Å². The van der Waals surface area contributed by atoms with Crippen LogP contribution in [0, 0.1) is 5.82 Å². The number of halogens is 1. The predicted octanol–water partition coefficient (Wildman–Crippen LogP) is 3.48. The summed E-state index contributed by atoms with van der Waals surface area (Å²) in [7, 11) is 2.13. The van der Waals surface area contributed by atoms with Gasteiger partial charge in [0.25, 0.3) is 5.91 Å². The van der Waals surface area contributed by atoms with E-state index >= 15 is 0 Å². The lowest BCUT2D eigenvalue weighted by Crippen LogP contribution is -2.35. The van der Waals surface area contributed by atoms with Gasteiger partial charge >= 0.3 is 0 Å². The average Bonchev–Trinajstić information content (AvgIpc) is 3.40. The number of hydrogen-bond donors (Lipinski definition) is 4. The third kappa shape index (κ3) is 4.37. The number of aromatic amines is 1. The van der Waals surface area contributed by atoms with Gasteiger partial charge in [0, 0.05) is 58.8 Å². The lowest BCUT2D eigenvalue weighted by Gasteiger charge is -2.23. The fourth-order valence-electron chi connectivity index (χ4n) is 4.72. The molecule has 2 aromatic heterocycles. The summed E-state index contributed by atoms with van der Waals surface area (Å²) < 4.78 is 20.6. The first kappa shape index (κ1) is 22.7. The summed E-state index contributed by atoms with van der Waals surface area (Å²) in [6.07, 6.45) is 6.42. The molecule has 0 aliphatic carbocycles. The standard InChI is InChI=1S/C25H28FN5O2S/c1-31-11-3-4-16(31)14-33-20-13-27-9-7-15(20)12-29-18-8-10-28-25(32)22(18)23-24(34)21-17(26)5-2-6-19(21)30-23/h2,5-7,9,13,16,29-30,34H,3-4,8,10-12,14H2,1H3,(H,28,32). The van der Waals surface area contributed by atoms with Crippen molar-refractivity contribution in [3.05, 3.63) is 59.4 Å². The maximum atomic E-state index is 14.4. The molecule has 3 aromatic rings. The van der Waals surface area contributed by atoms with Crippen LogP contribution < -0.4 is 15.4 Å². The van der Waals surface area contributed by atoms with E-state index in [9.17, 15) is 9.18 Å². The van der Waals surface area contributed by atoms with Gasteiger partial charge in [0.15, 0.2) is 0 Å². The van der Waals surface area contributed by atoms with Crippen LogP contribution in [0.5, 0.6) is 5.75 Å². The van der Waals surface area contributed by atoms with Gasteiger partial charge in [-0.1, -0.05) is 6.07 Å². The zero-order valence-electron chi connectivity index (χ0n) is 19.0. The van der Waals surface area contributed by atoms with E-state index in [2.05, 4.69) is 45.2 Å². The van der Waals surface area contributed by atoms with E-state index in [1.54, 1.807) is 24.5 Å². The Morgan fingerprint density at radius 1 is 1.35 bits per heavy atom.